The van der Waals surface area contributed by atoms with Crippen molar-refractivity contribution in [1.29, 1.82) is 0 Å². The van der Waals surface area contributed by atoms with E-state index in [1.165, 1.54) is 16.3 Å². The number of ether oxygens (including phenoxy) is 1. The summed E-state index contributed by atoms with van der Waals surface area (Å²) < 4.78 is 6.01. The van der Waals surface area contributed by atoms with Crippen molar-refractivity contribution in [3.05, 3.63) is 108 Å². The highest BCUT2D eigenvalue weighted by molar-refractivity contribution is 5.86. The minimum atomic E-state index is -0.217. The molecule has 4 rings (SSSR count). The van der Waals surface area contributed by atoms with Crippen molar-refractivity contribution < 1.29 is 9.53 Å². The van der Waals surface area contributed by atoms with Crippen LogP contribution in [0.25, 0.3) is 10.8 Å². The highest BCUT2D eigenvalue weighted by Gasteiger charge is 2.03. The van der Waals surface area contributed by atoms with Gasteiger partial charge in [-0.2, -0.15) is 5.10 Å². The molecule has 0 aromatic heterocycles. The van der Waals surface area contributed by atoms with E-state index in [4.69, 9.17) is 4.74 Å². The van der Waals surface area contributed by atoms with Gasteiger partial charge in [-0.25, -0.2) is 5.43 Å². The Balaban J connectivity index is 1.30. The number of benzene rings is 4. The molecular weight excluding hydrogens is 398 g/mol. The van der Waals surface area contributed by atoms with Gasteiger partial charge in [-0.1, -0.05) is 72.3 Å². The summed E-state index contributed by atoms with van der Waals surface area (Å²) >= 11 is 0. The Kier molecular flexibility index (Phi) is 6.78. The molecule has 0 aliphatic carbocycles. The van der Waals surface area contributed by atoms with Gasteiger partial charge in [-0.3, -0.25) is 4.79 Å². The molecule has 0 spiro atoms. The molecule has 5 nitrogen and oxygen atoms in total. The monoisotopic (exact) mass is 423 g/mol. The van der Waals surface area contributed by atoms with Gasteiger partial charge in [0.2, 0.25) is 0 Å². The summed E-state index contributed by atoms with van der Waals surface area (Å²) in [6.07, 6.45) is 1.61. The predicted molar refractivity (Wildman–Crippen MR) is 130 cm³/mol. The van der Waals surface area contributed by atoms with Gasteiger partial charge in [0.05, 0.1) is 12.8 Å². The van der Waals surface area contributed by atoms with Crippen LogP contribution in [-0.2, 0) is 11.4 Å². The Morgan fingerprint density at radius 1 is 0.938 bits per heavy atom. The molecule has 0 bridgehead atoms. The zero-order valence-corrected chi connectivity index (χ0v) is 17.9. The molecule has 4 aromatic carbocycles. The van der Waals surface area contributed by atoms with Crippen molar-refractivity contribution in [2.45, 2.75) is 13.5 Å². The summed E-state index contributed by atoms with van der Waals surface area (Å²) in [5.74, 6) is 0.527. The number of amides is 1. The summed E-state index contributed by atoms with van der Waals surface area (Å²) in [6.45, 7) is 2.65. The Bertz CT molecular complexity index is 1230. The van der Waals surface area contributed by atoms with Crippen molar-refractivity contribution in [3.63, 3.8) is 0 Å². The molecule has 0 aliphatic heterocycles. The van der Waals surface area contributed by atoms with Gasteiger partial charge in [-0.15, -0.1) is 0 Å². The van der Waals surface area contributed by atoms with Gasteiger partial charge in [0, 0.05) is 5.69 Å². The van der Waals surface area contributed by atoms with E-state index < -0.39 is 0 Å². The standard InChI is InChI=1S/C27H25N3O2/c1-20-12-14-24(15-13-20)28-18-27(31)30-29-17-21-6-4-10-25(16-21)32-19-23-9-5-8-22-7-2-3-11-26(22)23/h2-17,28H,18-19H2,1H3,(H,30,31)/b29-17-. The van der Waals surface area contributed by atoms with Gasteiger partial charge in [-0.05, 0) is 53.1 Å². The predicted octanol–water partition coefficient (Wildman–Crippen LogP) is 5.29. The maximum atomic E-state index is 12.0. The Morgan fingerprint density at radius 3 is 2.59 bits per heavy atom. The first kappa shape index (κ1) is 21.1. The lowest BCUT2D eigenvalue weighted by molar-refractivity contribution is -0.119. The zero-order valence-electron chi connectivity index (χ0n) is 17.9. The van der Waals surface area contributed by atoms with Crippen molar-refractivity contribution >= 4 is 28.6 Å². The normalized spacial score (nSPS) is 10.9. The number of nitrogens with zero attached hydrogens (tertiary/aromatic N) is 1. The van der Waals surface area contributed by atoms with Crippen LogP contribution in [-0.4, -0.2) is 18.7 Å². The molecule has 2 N–H and O–H groups in total. The zero-order chi connectivity index (χ0) is 22.2. The van der Waals surface area contributed by atoms with Gasteiger partial charge in [0.25, 0.3) is 5.91 Å². The first-order chi connectivity index (χ1) is 15.7. The summed E-state index contributed by atoms with van der Waals surface area (Å²) in [6, 6.07) is 30.0. The SMILES string of the molecule is Cc1ccc(NCC(=O)N/N=C\c2cccc(OCc3cccc4ccccc34)c2)cc1. The number of rotatable bonds is 8. The van der Waals surface area contributed by atoms with Crippen molar-refractivity contribution in [2.75, 3.05) is 11.9 Å². The molecule has 0 fully saturated rings. The van der Waals surface area contributed by atoms with Crippen LogP contribution in [0.15, 0.2) is 96.1 Å². The molecule has 4 aromatic rings. The van der Waals surface area contributed by atoms with E-state index in [9.17, 15) is 4.79 Å². The third-order valence-corrected chi connectivity index (χ3v) is 5.04. The molecule has 1 amide bonds. The van der Waals surface area contributed by atoms with E-state index in [0.29, 0.717) is 6.61 Å². The number of hydrogen-bond donors (Lipinski definition) is 2. The van der Waals surface area contributed by atoms with Crippen LogP contribution in [0.2, 0.25) is 0 Å². The highest BCUT2D eigenvalue weighted by Crippen LogP contribution is 2.21. The quantitative estimate of drug-likeness (QED) is 0.299. The molecule has 0 heterocycles. The van der Waals surface area contributed by atoms with Crippen molar-refractivity contribution in [3.8, 4) is 5.75 Å². The third kappa shape index (κ3) is 5.73. The summed E-state index contributed by atoms with van der Waals surface area (Å²) in [5.41, 5.74) is 6.58. The number of hydrogen-bond acceptors (Lipinski definition) is 4. The van der Waals surface area contributed by atoms with E-state index in [-0.39, 0.29) is 12.5 Å². The average molecular weight is 424 g/mol. The molecule has 0 unspecified atom stereocenters. The van der Waals surface area contributed by atoms with Gasteiger partial charge in [0.15, 0.2) is 0 Å². The number of nitrogens with one attached hydrogen (secondary N) is 2. The van der Waals surface area contributed by atoms with Crippen LogP contribution in [0, 0.1) is 6.92 Å². The average Bonchev–Trinajstić information content (AvgIpc) is 2.83. The largest absolute Gasteiger partial charge is 0.489 e. The number of aryl methyl sites for hydroxylation is 1. The highest BCUT2D eigenvalue weighted by atomic mass is 16.5. The van der Waals surface area contributed by atoms with Crippen LogP contribution in [0.3, 0.4) is 0 Å². The lowest BCUT2D eigenvalue weighted by Crippen LogP contribution is -2.25. The van der Waals surface area contributed by atoms with Crippen LogP contribution in [0.1, 0.15) is 16.7 Å². The van der Waals surface area contributed by atoms with Gasteiger partial charge >= 0.3 is 0 Å². The lowest BCUT2D eigenvalue weighted by atomic mass is 10.1. The number of carbonyl (C=O) groups excluding carboxylic acids is 1. The first-order valence-corrected chi connectivity index (χ1v) is 10.5. The molecule has 0 saturated heterocycles. The smallest absolute Gasteiger partial charge is 0.259 e. The number of anilines is 1. The van der Waals surface area contributed by atoms with Crippen molar-refractivity contribution in [1.82, 2.24) is 5.43 Å². The van der Waals surface area contributed by atoms with Crippen LogP contribution < -0.4 is 15.5 Å². The fourth-order valence-electron chi connectivity index (χ4n) is 3.34. The third-order valence-electron chi connectivity index (χ3n) is 5.04. The number of hydrazone groups is 1. The molecular formula is C27H25N3O2. The van der Waals surface area contributed by atoms with Crippen LogP contribution in [0.5, 0.6) is 5.75 Å². The second-order valence-corrected chi connectivity index (χ2v) is 7.51. The fraction of sp³-hybridized carbons (Fsp3) is 0.111. The van der Waals surface area contributed by atoms with E-state index in [1.54, 1.807) is 6.21 Å². The Labute approximate surface area is 187 Å². The van der Waals surface area contributed by atoms with E-state index >= 15 is 0 Å². The van der Waals surface area contributed by atoms with Gasteiger partial charge in [0.1, 0.15) is 12.4 Å². The Hall–Kier alpha value is -4.12. The van der Waals surface area contributed by atoms with Crippen LogP contribution in [0.4, 0.5) is 5.69 Å². The number of carbonyl (C=O) groups is 1. The maximum absolute atomic E-state index is 12.0. The molecule has 32 heavy (non-hydrogen) atoms. The second kappa shape index (κ2) is 10.3. The molecule has 0 saturated carbocycles. The summed E-state index contributed by atoms with van der Waals surface area (Å²) in [7, 11) is 0. The maximum Gasteiger partial charge on any atom is 0.259 e. The second-order valence-electron chi connectivity index (χ2n) is 7.51. The van der Waals surface area contributed by atoms with Crippen LogP contribution >= 0.6 is 0 Å². The first-order valence-electron chi connectivity index (χ1n) is 10.5. The summed E-state index contributed by atoms with van der Waals surface area (Å²) in [5, 5.41) is 9.50. The van der Waals surface area contributed by atoms with E-state index in [2.05, 4.69) is 40.1 Å². The molecule has 0 atom stereocenters. The van der Waals surface area contributed by atoms with E-state index in [1.807, 2.05) is 73.7 Å². The minimum absolute atomic E-state index is 0.147. The molecule has 0 aliphatic rings. The molecule has 0 radical (unpaired) electrons. The number of fused-ring (bicyclic) bond motifs is 1. The van der Waals surface area contributed by atoms with Gasteiger partial charge < -0.3 is 10.1 Å². The topological polar surface area (TPSA) is 62.7 Å². The molecule has 160 valence electrons. The summed E-state index contributed by atoms with van der Waals surface area (Å²) in [4.78, 5) is 12.0. The fourth-order valence-corrected chi connectivity index (χ4v) is 3.34. The molecule has 5 heteroatoms. The lowest BCUT2D eigenvalue weighted by Gasteiger charge is -2.09. The Morgan fingerprint density at radius 2 is 1.72 bits per heavy atom. The van der Waals surface area contributed by atoms with E-state index in [0.717, 1.165) is 22.6 Å². The minimum Gasteiger partial charge on any atom is -0.489 e. The van der Waals surface area contributed by atoms with Crippen molar-refractivity contribution in [2.24, 2.45) is 5.10 Å².